The van der Waals surface area contributed by atoms with E-state index in [4.69, 9.17) is 0 Å². The van der Waals surface area contributed by atoms with Gasteiger partial charge in [0.2, 0.25) is 0 Å². The molecule has 4 heteroatoms. The van der Waals surface area contributed by atoms with Crippen molar-refractivity contribution in [1.82, 2.24) is 19.7 Å². The lowest BCUT2D eigenvalue weighted by molar-refractivity contribution is 0.776. The summed E-state index contributed by atoms with van der Waals surface area (Å²) in [7, 11) is 1.94. The highest BCUT2D eigenvalue weighted by Crippen LogP contribution is 2.22. The van der Waals surface area contributed by atoms with Gasteiger partial charge < -0.3 is 4.98 Å². The van der Waals surface area contributed by atoms with Crippen LogP contribution in [0.25, 0.3) is 22.3 Å². The first-order valence-corrected chi connectivity index (χ1v) is 5.19. The SMILES string of the molecule is Cc1nc2ccc(-c3ccnn3C)cc2[nH]1. The number of imidazole rings is 1. The second-order valence-electron chi connectivity index (χ2n) is 3.89. The molecule has 0 spiro atoms. The van der Waals surface area contributed by atoms with Crippen molar-refractivity contribution in [3.8, 4) is 11.3 Å². The Bertz CT molecular complexity index is 648. The van der Waals surface area contributed by atoms with Crippen LogP contribution < -0.4 is 0 Å². The standard InChI is InChI=1S/C12H12N4/c1-8-14-10-4-3-9(7-11(10)15-8)12-5-6-13-16(12)2/h3-7H,1-2H3,(H,14,15). The average Bonchev–Trinajstić information content (AvgIpc) is 2.81. The predicted molar refractivity (Wildman–Crippen MR) is 63.0 cm³/mol. The second-order valence-corrected chi connectivity index (χ2v) is 3.89. The van der Waals surface area contributed by atoms with Crippen molar-refractivity contribution in [2.75, 3.05) is 0 Å². The van der Waals surface area contributed by atoms with Crippen molar-refractivity contribution < 1.29 is 0 Å². The van der Waals surface area contributed by atoms with Crippen LogP contribution >= 0.6 is 0 Å². The summed E-state index contributed by atoms with van der Waals surface area (Å²) in [5, 5.41) is 4.17. The molecule has 1 aromatic carbocycles. The van der Waals surface area contributed by atoms with Gasteiger partial charge in [-0.2, -0.15) is 5.10 Å². The van der Waals surface area contributed by atoms with E-state index in [9.17, 15) is 0 Å². The van der Waals surface area contributed by atoms with Crippen LogP contribution in [0.5, 0.6) is 0 Å². The van der Waals surface area contributed by atoms with Crippen molar-refractivity contribution in [1.29, 1.82) is 0 Å². The molecule has 0 saturated heterocycles. The Morgan fingerprint density at radius 2 is 2.12 bits per heavy atom. The molecule has 16 heavy (non-hydrogen) atoms. The number of H-pyrrole nitrogens is 1. The highest BCUT2D eigenvalue weighted by Gasteiger charge is 2.05. The van der Waals surface area contributed by atoms with E-state index in [1.165, 1.54) is 0 Å². The molecular formula is C12H12N4. The van der Waals surface area contributed by atoms with Crippen LogP contribution in [0.2, 0.25) is 0 Å². The highest BCUT2D eigenvalue weighted by molar-refractivity contribution is 5.81. The number of aromatic amines is 1. The van der Waals surface area contributed by atoms with Gasteiger partial charge in [-0.05, 0) is 25.1 Å². The van der Waals surface area contributed by atoms with E-state index in [0.29, 0.717) is 0 Å². The van der Waals surface area contributed by atoms with Crippen molar-refractivity contribution in [3.05, 3.63) is 36.3 Å². The molecule has 0 unspecified atom stereocenters. The zero-order valence-electron chi connectivity index (χ0n) is 9.23. The molecule has 2 aromatic heterocycles. The Morgan fingerprint density at radius 1 is 1.25 bits per heavy atom. The molecule has 0 saturated carbocycles. The summed E-state index contributed by atoms with van der Waals surface area (Å²) in [5.41, 5.74) is 4.32. The minimum Gasteiger partial charge on any atom is -0.342 e. The molecule has 4 nitrogen and oxygen atoms in total. The van der Waals surface area contributed by atoms with Crippen LogP contribution in [0.4, 0.5) is 0 Å². The van der Waals surface area contributed by atoms with Crippen LogP contribution in [0.15, 0.2) is 30.5 Å². The summed E-state index contributed by atoms with van der Waals surface area (Å²) in [6.45, 7) is 1.96. The second kappa shape index (κ2) is 3.20. The molecule has 0 atom stereocenters. The lowest BCUT2D eigenvalue weighted by Gasteiger charge is -2.01. The summed E-state index contributed by atoms with van der Waals surface area (Å²) in [6.07, 6.45) is 1.80. The van der Waals surface area contributed by atoms with E-state index >= 15 is 0 Å². The van der Waals surface area contributed by atoms with E-state index in [-0.39, 0.29) is 0 Å². The molecule has 3 aromatic rings. The van der Waals surface area contributed by atoms with E-state index in [2.05, 4.69) is 27.2 Å². The first-order chi connectivity index (χ1) is 7.74. The topological polar surface area (TPSA) is 46.5 Å². The fraction of sp³-hybridized carbons (Fsp3) is 0.167. The number of nitrogens with one attached hydrogen (secondary N) is 1. The zero-order valence-corrected chi connectivity index (χ0v) is 9.23. The summed E-state index contributed by atoms with van der Waals surface area (Å²) in [5.74, 6) is 0.942. The lowest BCUT2D eigenvalue weighted by atomic mass is 10.1. The van der Waals surface area contributed by atoms with Crippen molar-refractivity contribution in [2.45, 2.75) is 6.92 Å². The molecule has 0 radical (unpaired) electrons. The minimum absolute atomic E-state index is 0.942. The van der Waals surface area contributed by atoms with Crippen molar-refractivity contribution >= 4 is 11.0 Å². The number of hydrogen-bond donors (Lipinski definition) is 1. The normalized spacial score (nSPS) is 11.1. The van der Waals surface area contributed by atoms with Gasteiger partial charge in [0, 0.05) is 18.8 Å². The van der Waals surface area contributed by atoms with E-state index in [0.717, 1.165) is 28.1 Å². The Labute approximate surface area is 92.9 Å². The van der Waals surface area contributed by atoms with Crippen LogP contribution in [-0.4, -0.2) is 19.7 Å². The van der Waals surface area contributed by atoms with E-state index in [1.54, 1.807) is 6.20 Å². The van der Waals surface area contributed by atoms with Gasteiger partial charge in [-0.15, -0.1) is 0 Å². The smallest absolute Gasteiger partial charge is 0.104 e. The molecule has 0 amide bonds. The Balaban J connectivity index is 2.22. The quantitative estimate of drug-likeness (QED) is 0.672. The molecular weight excluding hydrogens is 200 g/mol. The number of aromatic nitrogens is 4. The van der Waals surface area contributed by atoms with Gasteiger partial charge in [0.1, 0.15) is 5.82 Å². The summed E-state index contributed by atoms with van der Waals surface area (Å²) in [4.78, 5) is 7.62. The Morgan fingerprint density at radius 3 is 2.88 bits per heavy atom. The number of rotatable bonds is 1. The third-order valence-electron chi connectivity index (χ3n) is 2.72. The third kappa shape index (κ3) is 1.31. The van der Waals surface area contributed by atoms with Crippen LogP contribution in [-0.2, 0) is 7.05 Å². The molecule has 2 heterocycles. The molecule has 1 N–H and O–H groups in total. The minimum atomic E-state index is 0.942. The van der Waals surface area contributed by atoms with Crippen LogP contribution in [0.1, 0.15) is 5.82 Å². The first-order valence-electron chi connectivity index (χ1n) is 5.19. The van der Waals surface area contributed by atoms with E-state index in [1.807, 2.05) is 30.8 Å². The lowest BCUT2D eigenvalue weighted by Crippen LogP contribution is -1.92. The van der Waals surface area contributed by atoms with Gasteiger partial charge in [-0.3, -0.25) is 4.68 Å². The predicted octanol–water partition coefficient (Wildman–Crippen LogP) is 2.27. The maximum absolute atomic E-state index is 4.38. The molecule has 0 fully saturated rings. The summed E-state index contributed by atoms with van der Waals surface area (Å²) < 4.78 is 1.87. The van der Waals surface area contributed by atoms with Crippen LogP contribution in [0.3, 0.4) is 0 Å². The van der Waals surface area contributed by atoms with E-state index < -0.39 is 0 Å². The first kappa shape index (κ1) is 9.15. The Hall–Kier alpha value is -2.10. The number of hydrogen-bond acceptors (Lipinski definition) is 2. The number of nitrogens with zero attached hydrogens (tertiary/aromatic N) is 3. The molecule has 0 bridgehead atoms. The zero-order chi connectivity index (χ0) is 11.1. The Kier molecular flexibility index (Phi) is 1.83. The number of benzene rings is 1. The fourth-order valence-electron chi connectivity index (χ4n) is 1.95. The molecule has 0 aliphatic carbocycles. The number of aryl methyl sites for hydroxylation is 2. The van der Waals surface area contributed by atoms with Crippen molar-refractivity contribution in [3.63, 3.8) is 0 Å². The maximum Gasteiger partial charge on any atom is 0.104 e. The average molecular weight is 212 g/mol. The molecule has 3 rings (SSSR count). The molecule has 0 aliphatic heterocycles. The molecule has 0 aliphatic rings. The fourth-order valence-corrected chi connectivity index (χ4v) is 1.95. The van der Waals surface area contributed by atoms with Crippen LogP contribution in [0, 0.1) is 6.92 Å². The largest absolute Gasteiger partial charge is 0.342 e. The summed E-state index contributed by atoms with van der Waals surface area (Å²) >= 11 is 0. The van der Waals surface area contributed by atoms with Gasteiger partial charge in [0.25, 0.3) is 0 Å². The van der Waals surface area contributed by atoms with Gasteiger partial charge in [-0.1, -0.05) is 6.07 Å². The summed E-state index contributed by atoms with van der Waals surface area (Å²) in [6, 6.07) is 8.21. The number of fused-ring (bicyclic) bond motifs is 1. The maximum atomic E-state index is 4.38. The van der Waals surface area contributed by atoms with Gasteiger partial charge in [0.15, 0.2) is 0 Å². The molecule has 80 valence electrons. The highest BCUT2D eigenvalue weighted by atomic mass is 15.3. The third-order valence-corrected chi connectivity index (χ3v) is 2.72. The van der Waals surface area contributed by atoms with Gasteiger partial charge in [-0.25, -0.2) is 4.98 Å². The van der Waals surface area contributed by atoms with Crippen molar-refractivity contribution in [2.24, 2.45) is 7.05 Å². The van der Waals surface area contributed by atoms with Gasteiger partial charge in [0.05, 0.1) is 16.7 Å². The van der Waals surface area contributed by atoms with Gasteiger partial charge >= 0.3 is 0 Å². The monoisotopic (exact) mass is 212 g/mol.